The first-order valence-electron chi connectivity index (χ1n) is 6.50. The SMILES string of the molecule is CC(=NOCc1ccc2nonc2c1)c1ccc(F)c(O)c1. The van der Waals surface area contributed by atoms with Gasteiger partial charge in [0, 0.05) is 5.56 Å². The van der Waals surface area contributed by atoms with Gasteiger partial charge in [0.05, 0.1) is 5.71 Å². The highest BCUT2D eigenvalue weighted by molar-refractivity contribution is 5.98. The standard InChI is InChI=1S/C15H12FN3O3/c1-9(11-3-4-12(16)15(20)7-11)17-21-8-10-2-5-13-14(6-10)19-22-18-13/h2-7,20H,8H2,1H3. The molecule has 0 radical (unpaired) electrons. The van der Waals surface area contributed by atoms with Crippen molar-refractivity contribution in [3.8, 4) is 5.75 Å². The molecule has 0 amide bonds. The summed E-state index contributed by atoms with van der Waals surface area (Å²) in [6, 6.07) is 9.39. The van der Waals surface area contributed by atoms with Crippen molar-refractivity contribution in [1.82, 2.24) is 10.3 Å². The lowest BCUT2D eigenvalue weighted by Gasteiger charge is -2.04. The molecule has 0 atom stereocenters. The minimum absolute atomic E-state index is 0.243. The van der Waals surface area contributed by atoms with Crippen molar-refractivity contribution in [1.29, 1.82) is 0 Å². The minimum Gasteiger partial charge on any atom is -0.505 e. The van der Waals surface area contributed by atoms with E-state index in [9.17, 15) is 9.50 Å². The Morgan fingerprint density at radius 1 is 1.23 bits per heavy atom. The first-order valence-corrected chi connectivity index (χ1v) is 6.50. The molecule has 0 saturated heterocycles. The van der Waals surface area contributed by atoms with Gasteiger partial charge in [0.2, 0.25) is 0 Å². The molecule has 1 heterocycles. The molecule has 3 rings (SSSR count). The zero-order valence-electron chi connectivity index (χ0n) is 11.7. The predicted octanol–water partition coefficient (Wildman–Crippen LogP) is 3.01. The van der Waals surface area contributed by atoms with Crippen molar-refractivity contribution >= 4 is 16.7 Å². The van der Waals surface area contributed by atoms with Gasteiger partial charge in [-0.1, -0.05) is 11.2 Å². The van der Waals surface area contributed by atoms with E-state index in [4.69, 9.17) is 4.84 Å². The van der Waals surface area contributed by atoms with Crippen molar-refractivity contribution in [2.75, 3.05) is 0 Å². The molecule has 6 nitrogen and oxygen atoms in total. The molecule has 0 aliphatic rings. The van der Waals surface area contributed by atoms with E-state index in [1.165, 1.54) is 18.2 Å². The number of halogens is 1. The number of benzene rings is 2. The maximum atomic E-state index is 13.0. The molecule has 0 unspecified atom stereocenters. The first kappa shape index (κ1) is 14.0. The van der Waals surface area contributed by atoms with Crippen LogP contribution in [0.4, 0.5) is 4.39 Å². The lowest BCUT2D eigenvalue weighted by atomic mass is 10.1. The highest BCUT2D eigenvalue weighted by atomic mass is 19.1. The summed E-state index contributed by atoms with van der Waals surface area (Å²) in [5.41, 5.74) is 3.28. The summed E-state index contributed by atoms with van der Waals surface area (Å²) in [6.07, 6.45) is 0. The largest absolute Gasteiger partial charge is 0.505 e. The van der Waals surface area contributed by atoms with Crippen LogP contribution < -0.4 is 0 Å². The Morgan fingerprint density at radius 2 is 2.05 bits per heavy atom. The Morgan fingerprint density at radius 3 is 2.86 bits per heavy atom. The monoisotopic (exact) mass is 301 g/mol. The summed E-state index contributed by atoms with van der Waals surface area (Å²) < 4.78 is 17.6. The van der Waals surface area contributed by atoms with Gasteiger partial charge >= 0.3 is 0 Å². The van der Waals surface area contributed by atoms with Gasteiger partial charge < -0.3 is 9.94 Å². The molecular weight excluding hydrogens is 289 g/mol. The molecule has 1 aromatic heterocycles. The fourth-order valence-corrected chi connectivity index (χ4v) is 1.91. The van der Waals surface area contributed by atoms with E-state index in [0.717, 1.165) is 5.56 Å². The fraction of sp³-hybridized carbons (Fsp3) is 0.133. The normalized spacial score (nSPS) is 11.8. The van der Waals surface area contributed by atoms with Gasteiger partial charge in [-0.05, 0) is 53.1 Å². The Balaban J connectivity index is 1.68. The van der Waals surface area contributed by atoms with Crippen LogP contribution >= 0.6 is 0 Å². The zero-order valence-corrected chi connectivity index (χ0v) is 11.7. The first-order chi connectivity index (χ1) is 10.6. The second-order valence-electron chi connectivity index (χ2n) is 4.70. The van der Waals surface area contributed by atoms with E-state index in [1.54, 1.807) is 19.1 Å². The van der Waals surface area contributed by atoms with Crippen molar-refractivity contribution in [3.63, 3.8) is 0 Å². The Bertz CT molecular complexity index is 845. The van der Waals surface area contributed by atoms with Crippen LogP contribution in [0.1, 0.15) is 18.1 Å². The summed E-state index contributed by atoms with van der Waals surface area (Å²) in [5.74, 6) is -1.09. The molecule has 2 aromatic carbocycles. The van der Waals surface area contributed by atoms with Crippen molar-refractivity contribution in [2.45, 2.75) is 13.5 Å². The van der Waals surface area contributed by atoms with Gasteiger partial charge in [-0.3, -0.25) is 0 Å². The maximum absolute atomic E-state index is 13.0. The van der Waals surface area contributed by atoms with Crippen LogP contribution in [-0.2, 0) is 11.4 Å². The number of aromatic hydroxyl groups is 1. The third-order valence-electron chi connectivity index (χ3n) is 3.11. The summed E-state index contributed by atoms with van der Waals surface area (Å²) in [7, 11) is 0. The molecule has 0 aliphatic carbocycles. The van der Waals surface area contributed by atoms with E-state index >= 15 is 0 Å². The molecule has 0 spiro atoms. The summed E-state index contributed by atoms with van der Waals surface area (Å²) in [5, 5.41) is 20.8. The van der Waals surface area contributed by atoms with Crippen LogP contribution in [0.25, 0.3) is 11.0 Å². The van der Waals surface area contributed by atoms with Crippen LogP contribution in [0, 0.1) is 5.82 Å². The molecule has 0 bridgehead atoms. The Hall–Kier alpha value is -2.96. The number of aromatic nitrogens is 2. The highest BCUT2D eigenvalue weighted by Crippen LogP contribution is 2.17. The molecule has 1 N–H and O–H groups in total. The topological polar surface area (TPSA) is 80.7 Å². The number of oxime groups is 1. The van der Waals surface area contributed by atoms with E-state index in [2.05, 4.69) is 20.1 Å². The van der Waals surface area contributed by atoms with E-state index in [-0.39, 0.29) is 6.61 Å². The van der Waals surface area contributed by atoms with Crippen LogP contribution in [-0.4, -0.2) is 21.1 Å². The van der Waals surface area contributed by atoms with Crippen LogP contribution in [0.5, 0.6) is 5.75 Å². The predicted molar refractivity (Wildman–Crippen MR) is 76.9 cm³/mol. The van der Waals surface area contributed by atoms with Crippen molar-refractivity contribution in [2.24, 2.45) is 5.16 Å². The van der Waals surface area contributed by atoms with Gasteiger partial charge in [-0.15, -0.1) is 0 Å². The van der Waals surface area contributed by atoms with Crippen molar-refractivity contribution in [3.05, 3.63) is 53.3 Å². The highest BCUT2D eigenvalue weighted by Gasteiger charge is 2.05. The Labute approximate surface area is 124 Å². The smallest absolute Gasteiger partial charge is 0.164 e. The van der Waals surface area contributed by atoms with Crippen LogP contribution in [0.2, 0.25) is 0 Å². The molecule has 3 aromatic rings. The minimum atomic E-state index is -0.674. The number of nitrogens with zero attached hydrogens (tertiary/aromatic N) is 3. The zero-order chi connectivity index (χ0) is 15.5. The van der Waals surface area contributed by atoms with Gasteiger partial charge in [0.1, 0.15) is 17.6 Å². The summed E-state index contributed by atoms with van der Waals surface area (Å²) in [6.45, 7) is 1.95. The lowest BCUT2D eigenvalue weighted by Crippen LogP contribution is -1.97. The van der Waals surface area contributed by atoms with Gasteiger partial charge in [0.25, 0.3) is 0 Å². The van der Waals surface area contributed by atoms with E-state index in [1.807, 2.05) is 6.07 Å². The van der Waals surface area contributed by atoms with Gasteiger partial charge in [-0.25, -0.2) is 9.02 Å². The number of phenols is 1. The molecule has 0 aliphatic heterocycles. The number of rotatable bonds is 4. The van der Waals surface area contributed by atoms with Gasteiger partial charge in [0.15, 0.2) is 11.6 Å². The molecule has 7 heteroatoms. The average Bonchev–Trinajstić information content (AvgIpc) is 2.97. The Kier molecular flexibility index (Phi) is 3.69. The number of hydrogen-bond donors (Lipinski definition) is 1. The fourth-order valence-electron chi connectivity index (χ4n) is 1.91. The lowest BCUT2D eigenvalue weighted by molar-refractivity contribution is 0.130. The van der Waals surface area contributed by atoms with Crippen molar-refractivity contribution < 1.29 is 19.0 Å². The maximum Gasteiger partial charge on any atom is 0.164 e. The average molecular weight is 301 g/mol. The summed E-state index contributed by atoms with van der Waals surface area (Å²) >= 11 is 0. The third kappa shape index (κ3) is 2.88. The molecule has 0 fully saturated rings. The van der Waals surface area contributed by atoms with E-state index < -0.39 is 11.6 Å². The molecule has 112 valence electrons. The second kappa shape index (κ2) is 5.80. The van der Waals surface area contributed by atoms with Crippen LogP contribution in [0.3, 0.4) is 0 Å². The third-order valence-corrected chi connectivity index (χ3v) is 3.11. The van der Waals surface area contributed by atoms with Gasteiger partial charge in [-0.2, -0.15) is 0 Å². The second-order valence-corrected chi connectivity index (χ2v) is 4.70. The van der Waals surface area contributed by atoms with E-state index in [0.29, 0.717) is 22.3 Å². The number of phenolic OH excluding ortho intramolecular Hbond substituents is 1. The molecule has 0 saturated carbocycles. The number of hydrogen-bond acceptors (Lipinski definition) is 6. The molecular formula is C15H12FN3O3. The quantitative estimate of drug-likeness (QED) is 0.592. The number of fused-ring (bicyclic) bond motifs is 1. The van der Waals surface area contributed by atoms with Crippen LogP contribution in [0.15, 0.2) is 46.2 Å². The molecule has 22 heavy (non-hydrogen) atoms. The summed E-state index contributed by atoms with van der Waals surface area (Å²) in [4.78, 5) is 5.27.